The van der Waals surface area contributed by atoms with Crippen molar-refractivity contribution in [3.8, 4) is 0 Å². The lowest BCUT2D eigenvalue weighted by molar-refractivity contribution is -0.928. The predicted octanol–water partition coefficient (Wildman–Crippen LogP) is 7.74. The van der Waals surface area contributed by atoms with Crippen LogP contribution in [-0.2, 0) is 6.42 Å². The highest BCUT2D eigenvalue weighted by Crippen LogP contribution is 2.19. The Balaban J connectivity index is 2.51. The summed E-state index contributed by atoms with van der Waals surface area (Å²) in [5.41, 5.74) is 2.98. The average Bonchev–Trinajstić information content (AvgIpc) is 2.65. The molecule has 0 aliphatic heterocycles. The molecule has 0 amide bonds. The van der Waals surface area contributed by atoms with Crippen molar-refractivity contribution in [2.45, 2.75) is 105 Å². The Bertz CT molecular complexity index is 454. The van der Waals surface area contributed by atoms with Gasteiger partial charge in [0, 0.05) is 6.42 Å². The van der Waals surface area contributed by atoms with Gasteiger partial charge in [-0.15, -0.1) is 0 Å². The first-order valence-corrected chi connectivity index (χ1v) is 12.0. The van der Waals surface area contributed by atoms with E-state index in [4.69, 9.17) is 0 Å². The first kappa shape index (κ1) is 24.2. The lowest BCUT2D eigenvalue weighted by atomic mass is 10.00. The maximum absolute atomic E-state index is 2.37. The van der Waals surface area contributed by atoms with E-state index in [0.29, 0.717) is 5.92 Å². The minimum absolute atomic E-state index is 0.634. The van der Waals surface area contributed by atoms with Gasteiger partial charge in [-0.05, 0) is 49.1 Å². The number of rotatable bonds is 16. The molecule has 0 atom stereocenters. The van der Waals surface area contributed by atoms with Crippen molar-refractivity contribution >= 4 is 0 Å². The van der Waals surface area contributed by atoms with Gasteiger partial charge < -0.3 is 4.48 Å². The SMILES string of the molecule is CCCCCCCC[N+](CCC)(CCC)CCCc1ccc(C(C)C)cc1. The van der Waals surface area contributed by atoms with Crippen LogP contribution in [0.2, 0.25) is 0 Å². The van der Waals surface area contributed by atoms with Crippen molar-refractivity contribution in [3.63, 3.8) is 0 Å². The average molecular weight is 375 g/mol. The van der Waals surface area contributed by atoms with E-state index in [-0.39, 0.29) is 0 Å². The minimum Gasteiger partial charge on any atom is -0.324 e. The van der Waals surface area contributed by atoms with E-state index in [1.54, 1.807) is 0 Å². The molecule has 0 saturated heterocycles. The van der Waals surface area contributed by atoms with Crippen LogP contribution in [0.5, 0.6) is 0 Å². The quantitative estimate of drug-likeness (QED) is 0.205. The summed E-state index contributed by atoms with van der Waals surface area (Å²) in [5.74, 6) is 0.634. The Morgan fingerprint density at radius 3 is 1.74 bits per heavy atom. The van der Waals surface area contributed by atoms with Crippen molar-refractivity contribution in [1.29, 1.82) is 0 Å². The molecule has 0 spiro atoms. The summed E-state index contributed by atoms with van der Waals surface area (Å²) in [6, 6.07) is 9.38. The molecule has 0 fully saturated rings. The smallest absolute Gasteiger partial charge is 0.0789 e. The third-order valence-electron chi connectivity index (χ3n) is 6.13. The Morgan fingerprint density at radius 1 is 0.630 bits per heavy atom. The van der Waals surface area contributed by atoms with Crippen molar-refractivity contribution in [2.24, 2.45) is 0 Å². The summed E-state index contributed by atoms with van der Waals surface area (Å²) in [6.45, 7) is 17.1. The summed E-state index contributed by atoms with van der Waals surface area (Å²) >= 11 is 0. The van der Waals surface area contributed by atoms with Crippen LogP contribution in [0.3, 0.4) is 0 Å². The molecule has 1 rings (SSSR count). The molecule has 156 valence electrons. The summed E-state index contributed by atoms with van der Waals surface area (Å²) in [7, 11) is 0. The standard InChI is InChI=1S/C26H48N/c1-6-9-10-11-12-13-22-27(20-7-2,21-8-3)23-14-15-25-16-18-26(19-17-25)24(4)5/h16-19,24H,6-15,20-23H2,1-5H3/q+1. The van der Waals surface area contributed by atoms with Crippen LogP contribution < -0.4 is 0 Å². The zero-order valence-corrected chi connectivity index (χ0v) is 19.2. The van der Waals surface area contributed by atoms with Gasteiger partial charge in [0.05, 0.1) is 26.2 Å². The van der Waals surface area contributed by atoms with Crippen molar-refractivity contribution in [3.05, 3.63) is 35.4 Å². The molecule has 0 aliphatic carbocycles. The molecule has 0 aliphatic rings. The van der Waals surface area contributed by atoms with Crippen LogP contribution >= 0.6 is 0 Å². The largest absolute Gasteiger partial charge is 0.324 e. The summed E-state index contributed by atoms with van der Waals surface area (Å²) in [6.07, 6.45) is 13.7. The number of unbranched alkanes of at least 4 members (excludes halogenated alkanes) is 5. The fourth-order valence-corrected chi connectivity index (χ4v) is 4.53. The molecule has 0 aromatic heterocycles. The van der Waals surface area contributed by atoms with Gasteiger partial charge in [-0.25, -0.2) is 0 Å². The molecule has 0 saturated carbocycles. The van der Waals surface area contributed by atoms with E-state index in [9.17, 15) is 0 Å². The Morgan fingerprint density at radius 2 is 1.19 bits per heavy atom. The topological polar surface area (TPSA) is 0 Å². The van der Waals surface area contributed by atoms with E-state index in [1.807, 2.05) is 0 Å². The number of benzene rings is 1. The normalized spacial score (nSPS) is 12.1. The van der Waals surface area contributed by atoms with E-state index >= 15 is 0 Å². The molecule has 1 aromatic rings. The first-order chi connectivity index (χ1) is 13.1. The van der Waals surface area contributed by atoms with Crippen molar-refractivity contribution in [2.75, 3.05) is 26.2 Å². The monoisotopic (exact) mass is 374 g/mol. The molecular formula is C26H48N+. The third kappa shape index (κ3) is 9.79. The molecule has 1 aromatic carbocycles. The molecule has 0 unspecified atom stereocenters. The van der Waals surface area contributed by atoms with Gasteiger partial charge in [0.25, 0.3) is 0 Å². The van der Waals surface area contributed by atoms with Gasteiger partial charge in [0.2, 0.25) is 0 Å². The third-order valence-corrected chi connectivity index (χ3v) is 6.13. The van der Waals surface area contributed by atoms with Crippen LogP contribution in [0.4, 0.5) is 0 Å². The van der Waals surface area contributed by atoms with Gasteiger partial charge in [0.1, 0.15) is 0 Å². The summed E-state index contributed by atoms with van der Waals surface area (Å²) < 4.78 is 1.37. The fraction of sp³-hybridized carbons (Fsp3) is 0.769. The van der Waals surface area contributed by atoms with Crippen LogP contribution in [-0.4, -0.2) is 30.7 Å². The zero-order valence-electron chi connectivity index (χ0n) is 19.2. The lowest BCUT2D eigenvalue weighted by Crippen LogP contribution is -2.50. The van der Waals surface area contributed by atoms with Crippen LogP contribution in [0.25, 0.3) is 0 Å². The highest BCUT2D eigenvalue weighted by Gasteiger charge is 2.24. The second-order valence-corrected chi connectivity index (χ2v) is 9.00. The summed E-state index contributed by atoms with van der Waals surface area (Å²) in [4.78, 5) is 0. The molecule has 0 bridgehead atoms. The van der Waals surface area contributed by atoms with Crippen molar-refractivity contribution in [1.82, 2.24) is 0 Å². The molecule has 27 heavy (non-hydrogen) atoms. The van der Waals surface area contributed by atoms with Gasteiger partial charge >= 0.3 is 0 Å². The van der Waals surface area contributed by atoms with Crippen LogP contribution in [0.1, 0.15) is 109 Å². The molecule has 1 nitrogen and oxygen atoms in total. The van der Waals surface area contributed by atoms with Crippen LogP contribution in [0, 0.1) is 0 Å². The van der Waals surface area contributed by atoms with E-state index in [0.717, 1.165) is 0 Å². The highest BCUT2D eigenvalue weighted by molar-refractivity contribution is 5.24. The molecule has 0 radical (unpaired) electrons. The molecule has 0 N–H and O–H groups in total. The van der Waals surface area contributed by atoms with E-state index < -0.39 is 0 Å². The molecule has 1 heteroatoms. The van der Waals surface area contributed by atoms with Crippen molar-refractivity contribution < 1.29 is 4.48 Å². The zero-order chi connectivity index (χ0) is 20.0. The number of aryl methyl sites for hydroxylation is 1. The number of nitrogens with zero attached hydrogens (tertiary/aromatic N) is 1. The second kappa shape index (κ2) is 14.2. The molecule has 0 heterocycles. The number of quaternary nitrogens is 1. The number of hydrogen-bond donors (Lipinski definition) is 0. The summed E-state index contributed by atoms with van der Waals surface area (Å²) in [5, 5.41) is 0. The Labute approximate surface area is 171 Å². The minimum atomic E-state index is 0.634. The predicted molar refractivity (Wildman–Crippen MR) is 123 cm³/mol. The second-order valence-electron chi connectivity index (χ2n) is 9.00. The van der Waals surface area contributed by atoms with E-state index in [2.05, 4.69) is 58.9 Å². The van der Waals surface area contributed by atoms with Crippen LogP contribution in [0.15, 0.2) is 24.3 Å². The highest BCUT2D eigenvalue weighted by atomic mass is 15.3. The fourth-order valence-electron chi connectivity index (χ4n) is 4.53. The molecular weight excluding hydrogens is 326 g/mol. The van der Waals surface area contributed by atoms with Gasteiger partial charge in [-0.1, -0.05) is 84.6 Å². The Hall–Kier alpha value is -0.820. The lowest BCUT2D eigenvalue weighted by Gasteiger charge is -2.39. The van der Waals surface area contributed by atoms with Gasteiger partial charge in [-0.3, -0.25) is 0 Å². The Kier molecular flexibility index (Phi) is 12.8. The van der Waals surface area contributed by atoms with Gasteiger partial charge in [-0.2, -0.15) is 0 Å². The van der Waals surface area contributed by atoms with Gasteiger partial charge in [0.15, 0.2) is 0 Å². The maximum Gasteiger partial charge on any atom is 0.0789 e. The maximum atomic E-state index is 2.37. The first-order valence-electron chi connectivity index (χ1n) is 12.0. The van der Waals surface area contributed by atoms with E-state index in [1.165, 1.54) is 106 Å². The number of hydrogen-bond acceptors (Lipinski definition) is 0.